The predicted octanol–water partition coefficient (Wildman–Crippen LogP) is 2.33. The molecule has 0 aliphatic carbocycles. The molecule has 1 aliphatic rings. The zero-order valence-electron chi connectivity index (χ0n) is 17.1. The van der Waals surface area contributed by atoms with Crippen molar-refractivity contribution >= 4 is 41.1 Å². The molecule has 10 nitrogen and oxygen atoms in total. The van der Waals surface area contributed by atoms with Gasteiger partial charge in [-0.15, -0.1) is 11.3 Å². The molecule has 160 valence electrons. The number of fused-ring (bicyclic) bond motifs is 1. The molecule has 1 atom stereocenters. The second kappa shape index (κ2) is 7.85. The van der Waals surface area contributed by atoms with Crippen molar-refractivity contribution in [2.75, 3.05) is 31.1 Å². The Balaban J connectivity index is 1.33. The first-order valence-corrected chi connectivity index (χ1v) is 11.2. The average Bonchev–Trinajstić information content (AvgIpc) is 3.53. The Kier molecular flexibility index (Phi) is 5.02. The molecule has 1 amide bonds. The summed E-state index contributed by atoms with van der Waals surface area (Å²) < 4.78 is 4.00. The minimum atomic E-state index is -0.444. The maximum absolute atomic E-state index is 13.3. The summed E-state index contributed by atoms with van der Waals surface area (Å²) >= 11 is 6.99. The number of carbonyl (C=O) groups is 1. The standard InChI is InChI=1S/C19H21N9OS2/c1-12-10-15(28-18(22-12)20-11-21-28)25-5-7-26(8-6-25)17(29)13(2)27-16(23-24-19(27)30)14-4-3-9-31-14/h3-4,9-11,13H,5-8H2,1-2H3,(H,24,30). The molecule has 1 N–H and O–H groups in total. The molecule has 5 rings (SSSR count). The quantitative estimate of drug-likeness (QED) is 0.471. The molecular formula is C19H21N9OS2. The zero-order chi connectivity index (χ0) is 21.5. The van der Waals surface area contributed by atoms with Crippen LogP contribution in [0.4, 0.5) is 5.82 Å². The number of amides is 1. The molecule has 0 aromatic carbocycles. The molecule has 31 heavy (non-hydrogen) atoms. The number of aromatic nitrogens is 7. The Labute approximate surface area is 187 Å². The first-order chi connectivity index (χ1) is 15.0. The number of piperazine rings is 1. The van der Waals surface area contributed by atoms with E-state index in [1.54, 1.807) is 20.4 Å². The lowest BCUT2D eigenvalue weighted by Gasteiger charge is -2.37. The number of nitrogens with one attached hydrogen (secondary N) is 1. The summed E-state index contributed by atoms with van der Waals surface area (Å²) in [5.41, 5.74) is 0.887. The summed E-state index contributed by atoms with van der Waals surface area (Å²) in [4.78, 5) is 27.0. The highest BCUT2D eigenvalue weighted by atomic mass is 32.1. The number of hydrogen-bond acceptors (Lipinski definition) is 8. The molecule has 12 heteroatoms. The van der Waals surface area contributed by atoms with Crippen LogP contribution in [0.3, 0.4) is 0 Å². The van der Waals surface area contributed by atoms with Crippen molar-refractivity contribution in [3.63, 3.8) is 0 Å². The fraction of sp³-hybridized carbons (Fsp3) is 0.368. The third kappa shape index (κ3) is 3.51. The maximum atomic E-state index is 13.3. The summed E-state index contributed by atoms with van der Waals surface area (Å²) in [6.45, 7) is 6.44. The largest absolute Gasteiger partial charge is 0.353 e. The van der Waals surface area contributed by atoms with Crippen LogP contribution in [-0.2, 0) is 4.79 Å². The highest BCUT2D eigenvalue weighted by Crippen LogP contribution is 2.27. The fourth-order valence-electron chi connectivity index (χ4n) is 3.91. The van der Waals surface area contributed by atoms with Gasteiger partial charge in [0.2, 0.25) is 5.91 Å². The SMILES string of the molecule is Cc1cc(N2CCN(C(=O)C(C)n3c(-c4cccs4)n[nH]c3=S)CC2)n2ncnc2n1. The Bertz CT molecular complexity index is 1280. The fourth-order valence-corrected chi connectivity index (χ4v) is 4.91. The number of H-pyrrole nitrogens is 1. The highest BCUT2D eigenvalue weighted by molar-refractivity contribution is 7.71. The van der Waals surface area contributed by atoms with E-state index in [-0.39, 0.29) is 5.91 Å². The van der Waals surface area contributed by atoms with Crippen LogP contribution in [-0.4, -0.2) is 71.3 Å². The van der Waals surface area contributed by atoms with Crippen LogP contribution in [0.2, 0.25) is 0 Å². The summed E-state index contributed by atoms with van der Waals surface area (Å²) in [5.74, 6) is 2.25. The number of thiophene rings is 1. The van der Waals surface area contributed by atoms with E-state index >= 15 is 0 Å². The van der Waals surface area contributed by atoms with Crippen molar-refractivity contribution in [1.82, 2.24) is 39.2 Å². The normalized spacial score (nSPS) is 15.5. The van der Waals surface area contributed by atoms with Crippen molar-refractivity contribution in [2.24, 2.45) is 0 Å². The van der Waals surface area contributed by atoms with Gasteiger partial charge in [-0.05, 0) is 37.5 Å². The summed E-state index contributed by atoms with van der Waals surface area (Å²) in [6, 6.07) is 5.49. The van der Waals surface area contributed by atoms with Crippen LogP contribution in [0.1, 0.15) is 18.7 Å². The summed E-state index contributed by atoms with van der Waals surface area (Å²) in [5, 5.41) is 13.5. The second-order valence-electron chi connectivity index (χ2n) is 7.42. The number of nitrogens with zero attached hydrogens (tertiary/aromatic N) is 8. The van der Waals surface area contributed by atoms with Crippen molar-refractivity contribution in [2.45, 2.75) is 19.9 Å². The zero-order valence-corrected chi connectivity index (χ0v) is 18.7. The number of carbonyl (C=O) groups excluding carboxylic acids is 1. The van der Waals surface area contributed by atoms with E-state index in [1.807, 2.05) is 42.3 Å². The number of hydrogen-bond donors (Lipinski definition) is 1. The van der Waals surface area contributed by atoms with Crippen LogP contribution in [0.5, 0.6) is 0 Å². The molecule has 4 aromatic heterocycles. The van der Waals surface area contributed by atoms with Crippen molar-refractivity contribution < 1.29 is 4.79 Å². The summed E-state index contributed by atoms with van der Waals surface area (Å²) in [6.07, 6.45) is 1.51. The first kappa shape index (κ1) is 19.8. The van der Waals surface area contributed by atoms with Crippen molar-refractivity contribution in [1.29, 1.82) is 0 Å². The van der Waals surface area contributed by atoms with Gasteiger partial charge in [0.15, 0.2) is 10.6 Å². The summed E-state index contributed by atoms with van der Waals surface area (Å²) in [7, 11) is 0. The molecule has 1 aliphatic heterocycles. The van der Waals surface area contributed by atoms with Crippen LogP contribution in [0.15, 0.2) is 29.9 Å². The van der Waals surface area contributed by atoms with Gasteiger partial charge >= 0.3 is 0 Å². The Morgan fingerprint density at radius 2 is 2.10 bits per heavy atom. The Hall–Kier alpha value is -3.12. The molecule has 0 spiro atoms. The van der Waals surface area contributed by atoms with Gasteiger partial charge in [0, 0.05) is 37.9 Å². The third-order valence-electron chi connectivity index (χ3n) is 5.47. The third-order valence-corrected chi connectivity index (χ3v) is 6.62. The molecule has 5 heterocycles. The average molecular weight is 456 g/mol. The van der Waals surface area contributed by atoms with E-state index in [0.29, 0.717) is 42.6 Å². The minimum Gasteiger partial charge on any atom is -0.353 e. The molecule has 4 aromatic rings. The lowest BCUT2D eigenvalue weighted by Crippen LogP contribution is -2.50. The molecule has 0 bridgehead atoms. The number of aryl methyl sites for hydroxylation is 1. The van der Waals surface area contributed by atoms with Crippen molar-refractivity contribution in [3.8, 4) is 10.7 Å². The van der Waals surface area contributed by atoms with Gasteiger partial charge in [-0.25, -0.2) is 4.98 Å². The number of rotatable bonds is 4. The maximum Gasteiger partial charge on any atom is 0.254 e. The van der Waals surface area contributed by atoms with Crippen LogP contribution < -0.4 is 4.90 Å². The van der Waals surface area contributed by atoms with E-state index < -0.39 is 6.04 Å². The van der Waals surface area contributed by atoms with E-state index in [4.69, 9.17) is 12.2 Å². The van der Waals surface area contributed by atoms with Crippen LogP contribution >= 0.6 is 23.6 Å². The van der Waals surface area contributed by atoms with Gasteiger partial charge in [-0.1, -0.05) is 6.07 Å². The van der Waals surface area contributed by atoms with E-state index in [2.05, 4.69) is 30.2 Å². The first-order valence-electron chi connectivity index (χ1n) is 9.95. The van der Waals surface area contributed by atoms with E-state index in [9.17, 15) is 4.79 Å². The second-order valence-corrected chi connectivity index (χ2v) is 8.75. The van der Waals surface area contributed by atoms with Gasteiger partial charge in [-0.2, -0.15) is 19.7 Å². The molecular weight excluding hydrogens is 434 g/mol. The van der Waals surface area contributed by atoms with Crippen LogP contribution in [0, 0.1) is 11.7 Å². The smallest absolute Gasteiger partial charge is 0.254 e. The Morgan fingerprint density at radius 1 is 1.29 bits per heavy atom. The van der Waals surface area contributed by atoms with Gasteiger partial charge in [0.25, 0.3) is 5.78 Å². The molecule has 1 unspecified atom stereocenters. The molecule has 0 radical (unpaired) electrons. The van der Waals surface area contributed by atoms with Gasteiger partial charge in [-0.3, -0.25) is 14.5 Å². The van der Waals surface area contributed by atoms with Crippen LogP contribution in [0.25, 0.3) is 16.5 Å². The topological polar surface area (TPSA) is 100 Å². The Morgan fingerprint density at radius 3 is 2.84 bits per heavy atom. The molecule has 1 fully saturated rings. The molecule has 0 saturated carbocycles. The van der Waals surface area contributed by atoms with E-state index in [0.717, 1.165) is 16.4 Å². The minimum absolute atomic E-state index is 0.0340. The highest BCUT2D eigenvalue weighted by Gasteiger charge is 2.29. The van der Waals surface area contributed by atoms with Gasteiger partial charge in [0.1, 0.15) is 18.2 Å². The monoisotopic (exact) mass is 455 g/mol. The number of anilines is 1. The number of aromatic amines is 1. The van der Waals surface area contributed by atoms with E-state index in [1.165, 1.54) is 6.33 Å². The lowest BCUT2D eigenvalue weighted by atomic mass is 10.2. The molecule has 1 saturated heterocycles. The van der Waals surface area contributed by atoms with Crippen molar-refractivity contribution in [3.05, 3.63) is 40.4 Å². The predicted molar refractivity (Wildman–Crippen MR) is 120 cm³/mol. The van der Waals surface area contributed by atoms with Gasteiger partial charge < -0.3 is 9.80 Å². The van der Waals surface area contributed by atoms with Gasteiger partial charge in [0.05, 0.1) is 4.88 Å². The lowest BCUT2D eigenvalue weighted by molar-refractivity contribution is -0.134.